The summed E-state index contributed by atoms with van der Waals surface area (Å²) in [5, 5.41) is 2.61. The molecule has 0 radical (unpaired) electrons. The molecule has 2 heterocycles. The van der Waals surface area contributed by atoms with E-state index in [9.17, 15) is 0 Å². The molecule has 0 saturated carbocycles. The Morgan fingerprint density at radius 2 is 1.27 bits per heavy atom. The summed E-state index contributed by atoms with van der Waals surface area (Å²) >= 11 is 1.86. The van der Waals surface area contributed by atoms with E-state index < -0.39 is 0 Å². The molecule has 7 aromatic rings. The van der Waals surface area contributed by atoms with E-state index >= 15 is 0 Å². The number of para-hydroxylation sites is 2. The first-order valence-corrected chi connectivity index (χ1v) is 14.9. The lowest BCUT2D eigenvalue weighted by atomic mass is 9.88. The molecule has 2 nitrogen and oxygen atoms in total. The largest absolute Gasteiger partial charge is 0.292 e. The first kappa shape index (κ1) is 24.8. The summed E-state index contributed by atoms with van der Waals surface area (Å²) in [6, 6.07) is 39.6. The van der Waals surface area contributed by atoms with Crippen LogP contribution in [-0.2, 0) is 0 Å². The van der Waals surface area contributed by atoms with Crippen LogP contribution < -0.4 is 0 Å². The maximum Gasteiger partial charge on any atom is 0.147 e. The Bertz CT molecular complexity index is 1980. The van der Waals surface area contributed by atoms with Crippen LogP contribution in [0.5, 0.6) is 0 Å². The molecular formula is C37H32N2S. The van der Waals surface area contributed by atoms with Crippen molar-refractivity contribution in [2.75, 3.05) is 0 Å². The van der Waals surface area contributed by atoms with Gasteiger partial charge in [-0.1, -0.05) is 100 Å². The predicted octanol–water partition coefficient (Wildman–Crippen LogP) is 11.0. The second kappa shape index (κ2) is 9.76. The van der Waals surface area contributed by atoms with E-state index in [2.05, 4.69) is 141 Å². The second-order valence-electron chi connectivity index (χ2n) is 11.2. The number of imidazole rings is 1. The second-order valence-corrected chi connectivity index (χ2v) is 12.3. The third kappa shape index (κ3) is 3.96. The number of rotatable bonds is 5. The van der Waals surface area contributed by atoms with Gasteiger partial charge >= 0.3 is 0 Å². The number of thiophene rings is 1. The highest BCUT2D eigenvalue weighted by Gasteiger charge is 2.24. The number of hydrogen-bond acceptors (Lipinski definition) is 2. The zero-order chi connectivity index (χ0) is 27.4. The van der Waals surface area contributed by atoms with Crippen molar-refractivity contribution in [3.63, 3.8) is 0 Å². The average Bonchev–Trinajstić information content (AvgIpc) is 3.55. The Kier molecular flexibility index (Phi) is 6.05. The lowest BCUT2D eigenvalue weighted by Gasteiger charge is -2.24. The molecule has 0 atom stereocenters. The van der Waals surface area contributed by atoms with Crippen LogP contribution in [0, 0.1) is 0 Å². The Morgan fingerprint density at radius 3 is 2.02 bits per heavy atom. The average molecular weight is 537 g/mol. The number of hydrogen-bond donors (Lipinski definition) is 0. The molecule has 0 spiro atoms. The van der Waals surface area contributed by atoms with Crippen LogP contribution in [0.1, 0.15) is 50.7 Å². The number of aromatic nitrogens is 2. The molecule has 3 heteroatoms. The van der Waals surface area contributed by atoms with Crippen LogP contribution in [0.4, 0.5) is 0 Å². The fourth-order valence-electron chi connectivity index (χ4n) is 5.97. The lowest BCUT2D eigenvalue weighted by Crippen LogP contribution is -2.09. The summed E-state index contributed by atoms with van der Waals surface area (Å²) in [4.78, 5) is 5.33. The van der Waals surface area contributed by atoms with Crippen LogP contribution in [0.2, 0.25) is 0 Å². The van der Waals surface area contributed by atoms with E-state index in [4.69, 9.17) is 4.98 Å². The van der Waals surface area contributed by atoms with E-state index in [1.165, 1.54) is 53.7 Å². The summed E-state index contributed by atoms with van der Waals surface area (Å²) in [7, 11) is 0. The van der Waals surface area contributed by atoms with E-state index in [-0.39, 0.29) is 0 Å². The molecular weight excluding hydrogens is 504 g/mol. The SMILES string of the molecule is CC(C)c1cc(-c2ccccc2)cc(C(C)C)c1-n1c(-c2cccc3c2sc2ccccc23)nc2ccccc21. The Labute approximate surface area is 239 Å². The maximum absolute atomic E-state index is 5.33. The predicted molar refractivity (Wildman–Crippen MR) is 173 cm³/mol. The number of benzene rings is 5. The van der Waals surface area contributed by atoms with E-state index in [0.717, 1.165) is 16.9 Å². The Hall–Kier alpha value is -4.21. The van der Waals surface area contributed by atoms with Crippen molar-refractivity contribution in [3.05, 3.63) is 120 Å². The van der Waals surface area contributed by atoms with Gasteiger partial charge < -0.3 is 0 Å². The molecule has 0 aliphatic rings. The highest BCUT2D eigenvalue weighted by atomic mass is 32.1. The minimum Gasteiger partial charge on any atom is -0.292 e. The molecule has 0 amide bonds. The topological polar surface area (TPSA) is 17.8 Å². The molecule has 0 aliphatic carbocycles. The van der Waals surface area contributed by atoms with Gasteiger partial charge in [0.25, 0.3) is 0 Å². The molecule has 0 N–H and O–H groups in total. The van der Waals surface area contributed by atoms with Crippen LogP contribution in [0.25, 0.3) is 59.4 Å². The highest BCUT2D eigenvalue weighted by Crippen LogP contribution is 2.43. The van der Waals surface area contributed by atoms with Crippen molar-refractivity contribution in [3.8, 4) is 28.2 Å². The molecule has 5 aromatic carbocycles. The highest BCUT2D eigenvalue weighted by molar-refractivity contribution is 7.26. The molecule has 196 valence electrons. The normalized spacial score (nSPS) is 11.9. The summed E-state index contributed by atoms with van der Waals surface area (Å²) in [5.74, 6) is 1.69. The fraction of sp³-hybridized carbons (Fsp3) is 0.162. The summed E-state index contributed by atoms with van der Waals surface area (Å²) in [6.45, 7) is 9.23. The monoisotopic (exact) mass is 536 g/mol. The van der Waals surface area contributed by atoms with E-state index in [0.29, 0.717) is 11.8 Å². The zero-order valence-electron chi connectivity index (χ0n) is 23.3. The van der Waals surface area contributed by atoms with Gasteiger partial charge in [-0.25, -0.2) is 4.98 Å². The summed E-state index contributed by atoms with van der Waals surface area (Å²) in [5.41, 5.74) is 9.84. The van der Waals surface area contributed by atoms with Crippen LogP contribution >= 0.6 is 11.3 Å². The molecule has 0 aliphatic heterocycles. The van der Waals surface area contributed by atoms with Crippen LogP contribution in [0.3, 0.4) is 0 Å². The third-order valence-electron chi connectivity index (χ3n) is 7.95. The first-order valence-electron chi connectivity index (χ1n) is 14.1. The van der Waals surface area contributed by atoms with Crippen molar-refractivity contribution in [2.45, 2.75) is 39.5 Å². The van der Waals surface area contributed by atoms with Crippen LogP contribution in [0.15, 0.2) is 109 Å². The van der Waals surface area contributed by atoms with Gasteiger partial charge in [-0.05, 0) is 70.5 Å². The summed E-state index contributed by atoms with van der Waals surface area (Å²) in [6.07, 6.45) is 0. The van der Waals surface area contributed by atoms with Gasteiger partial charge in [-0.15, -0.1) is 11.3 Å². The molecule has 2 aromatic heterocycles. The Balaban J connectivity index is 1.59. The lowest BCUT2D eigenvalue weighted by molar-refractivity contribution is 0.812. The van der Waals surface area contributed by atoms with Crippen LogP contribution in [-0.4, -0.2) is 9.55 Å². The first-order chi connectivity index (χ1) is 19.5. The van der Waals surface area contributed by atoms with Gasteiger partial charge in [-0.2, -0.15) is 0 Å². The van der Waals surface area contributed by atoms with Crippen molar-refractivity contribution in [1.29, 1.82) is 0 Å². The molecule has 40 heavy (non-hydrogen) atoms. The fourth-order valence-corrected chi connectivity index (χ4v) is 7.18. The molecule has 0 fully saturated rings. The molecule has 0 saturated heterocycles. The smallest absolute Gasteiger partial charge is 0.147 e. The van der Waals surface area contributed by atoms with Crippen molar-refractivity contribution < 1.29 is 0 Å². The van der Waals surface area contributed by atoms with Gasteiger partial charge in [-0.3, -0.25) is 4.57 Å². The number of fused-ring (bicyclic) bond motifs is 4. The molecule has 0 unspecified atom stereocenters. The van der Waals surface area contributed by atoms with Gasteiger partial charge in [0, 0.05) is 25.7 Å². The van der Waals surface area contributed by atoms with Crippen molar-refractivity contribution in [1.82, 2.24) is 9.55 Å². The molecule has 7 rings (SSSR count). The van der Waals surface area contributed by atoms with E-state index in [1.54, 1.807) is 0 Å². The van der Waals surface area contributed by atoms with E-state index in [1.807, 2.05) is 11.3 Å². The van der Waals surface area contributed by atoms with Crippen molar-refractivity contribution in [2.24, 2.45) is 0 Å². The zero-order valence-corrected chi connectivity index (χ0v) is 24.2. The Morgan fingerprint density at radius 1 is 0.625 bits per heavy atom. The molecule has 0 bridgehead atoms. The summed E-state index contributed by atoms with van der Waals surface area (Å²) < 4.78 is 5.05. The van der Waals surface area contributed by atoms with Gasteiger partial charge in [0.1, 0.15) is 5.82 Å². The standard InChI is InChI=1S/C37H32N2S/c1-23(2)30-21-26(25-13-6-5-7-14-25)22-31(24(3)4)35(30)39-33-19-10-9-18-32(33)38-37(39)29-17-12-16-28-27-15-8-11-20-34(27)40-36(28)29/h5-24H,1-4H3. The third-order valence-corrected chi connectivity index (χ3v) is 9.17. The number of nitrogens with zero attached hydrogens (tertiary/aromatic N) is 2. The minimum absolute atomic E-state index is 0.338. The van der Waals surface area contributed by atoms with Gasteiger partial charge in [0.05, 0.1) is 16.7 Å². The maximum atomic E-state index is 5.33. The van der Waals surface area contributed by atoms with Crippen molar-refractivity contribution >= 4 is 42.5 Å². The minimum atomic E-state index is 0.338. The quantitative estimate of drug-likeness (QED) is 0.214. The van der Waals surface area contributed by atoms with Gasteiger partial charge in [0.15, 0.2) is 0 Å². The van der Waals surface area contributed by atoms with Gasteiger partial charge in [0.2, 0.25) is 0 Å².